The van der Waals surface area contributed by atoms with Crippen molar-refractivity contribution >= 4 is 0 Å². The van der Waals surface area contributed by atoms with E-state index in [0.717, 1.165) is 6.54 Å². The summed E-state index contributed by atoms with van der Waals surface area (Å²) < 4.78 is 0. The van der Waals surface area contributed by atoms with Crippen LogP contribution in [-0.2, 0) is 0 Å². The Morgan fingerprint density at radius 1 is 1.50 bits per heavy atom. The lowest BCUT2D eigenvalue weighted by atomic mass is 9.93. The highest BCUT2D eigenvalue weighted by Gasteiger charge is 2.44. The third-order valence-electron chi connectivity index (χ3n) is 4.13. The minimum atomic E-state index is -0.0727. The van der Waals surface area contributed by atoms with Crippen molar-refractivity contribution in [2.24, 2.45) is 5.92 Å². The summed E-state index contributed by atoms with van der Waals surface area (Å²) >= 11 is 0. The van der Waals surface area contributed by atoms with Crippen molar-refractivity contribution in [3.8, 4) is 0 Å². The van der Waals surface area contributed by atoms with Gasteiger partial charge in [-0.3, -0.25) is 0 Å². The number of hydrogen-bond acceptors (Lipinski definition) is 3. The smallest absolute Gasteiger partial charge is 0.0628 e. The van der Waals surface area contributed by atoms with Crippen molar-refractivity contribution in [3.63, 3.8) is 0 Å². The number of hydrogen-bond donors (Lipinski definition) is 2. The van der Waals surface area contributed by atoms with Gasteiger partial charge in [-0.25, -0.2) is 0 Å². The van der Waals surface area contributed by atoms with Crippen LogP contribution < -0.4 is 5.32 Å². The van der Waals surface area contributed by atoms with Crippen LogP contribution in [0.2, 0.25) is 0 Å². The normalized spacial score (nSPS) is 22.1. The first-order valence-electron chi connectivity index (χ1n) is 6.59. The molecule has 2 N–H and O–H groups in total. The molecular weight excluding hydrogens is 200 g/mol. The van der Waals surface area contributed by atoms with Gasteiger partial charge in [-0.1, -0.05) is 13.3 Å². The van der Waals surface area contributed by atoms with Crippen LogP contribution in [0.3, 0.4) is 0 Å². The summed E-state index contributed by atoms with van der Waals surface area (Å²) in [5.74, 6) is 0.666. The standard InChI is InChI=1S/C13H28N2O/c1-5-6-11(2)15(4)9-13(10-16,14-3)12-7-8-12/h11-12,14,16H,5-10H2,1-4H3. The fourth-order valence-corrected chi connectivity index (χ4v) is 2.55. The summed E-state index contributed by atoms with van der Waals surface area (Å²) in [6.45, 7) is 5.69. The molecule has 96 valence electrons. The number of aliphatic hydroxyl groups excluding tert-OH is 1. The molecule has 2 unspecified atom stereocenters. The lowest BCUT2D eigenvalue weighted by molar-refractivity contribution is 0.0908. The third kappa shape index (κ3) is 3.19. The van der Waals surface area contributed by atoms with Gasteiger partial charge in [-0.15, -0.1) is 0 Å². The summed E-state index contributed by atoms with van der Waals surface area (Å²) in [6.07, 6.45) is 4.97. The number of likely N-dealkylation sites (N-methyl/N-ethyl adjacent to an activating group) is 2. The van der Waals surface area contributed by atoms with E-state index in [1.165, 1.54) is 25.7 Å². The van der Waals surface area contributed by atoms with Gasteiger partial charge in [0.05, 0.1) is 12.1 Å². The molecule has 16 heavy (non-hydrogen) atoms. The predicted octanol–water partition coefficient (Wildman–Crippen LogP) is 1.47. The molecule has 0 amide bonds. The van der Waals surface area contributed by atoms with Crippen molar-refractivity contribution in [1.82, 2.24) is 10.2 Å². The van der Waals surface area contributed by atoms with Crippen molar-refractivity contribution in [2.45, 2.75) is 51.1 Å². The van der Waals surface area contributed by atoms with Crippen LogP contribution in [0.1, 0.15) is 39.5 Å². The molecule has 0 aliphatic heterocycles. The first-order chi connectivity index (χ1) is 7.59. The highest BCUT2D eigenvalue weighted by molar-refractivity contribution is 5.02. The molecule has 2 atom stereocenters. The van der Waals surface area contributed by atoms with Gasteiger partial charge >= 0.3 is 0 Å². The van der Waals surface area contributed by atoms with E-state index < -0.39 is 0 Å². The van der Waals surface area contributed by atoms with E-state index in [1.807, 2.05) is 7.05 Å². The second kappa shape index (κ2) is 5.99. The van der Waals surface area contributed by atoms with Crippen LogP contribution in [0.5, 0.6) is 0 Å². The molecule has 0 radical (unpaired) electrons. The molecule has 0 spiro atoms. The second-order valence-electron chi connectivity index (χ2n) is 5.39. The Labute approximate surface area is 100 Å². The van der Waals surface area contributed by atoms with Gasteiger partial charge < -0.3 is 15.3 Å². The molecule has 3 heteroatoms. The molecular formula is C13H28N2O. The molecule has 0 bridgehead atoms. The molecule has 1 aliphatic rings. The van der Waals surface area contributed by atoms with Crippen molar-refractivity contribution in [2.75, 3.05) is 27.2 Å². The van der Waals surface area contributed by atoms with Gasteiger partial charge in [0.1, 0.15) is 0 Å². The highest BCUT2D eigenvalue weighted by Crippen LogP contribution is 2.39. The van der Waals surface area contributed by atoms with Gasteiger partial charge in [0.25, 0.3) is 0 Å². The SMILES string of the molecule is CCCC(C)N(C)CC(CO)(NC)C1CC1. The Kier molecular flexibility index (Phi) is 5.22. The van der Waals surface area contributed by atoms with E-state index in [9.17, 15) is 5.11 Å². The number of nitrogens with zero attached hydrogens (tertiary/aromatic N) is 1. The average Bonchev–Trinajstić information content (AvgIpc) is 3.10. The van der Waals surface area contributed by atoms with Crippen LogP contribution in [0, 0.1) is 5.92 Å². The zero-order valence-electron chi connectivity index (χ0n) is 11.3. The van der Waals surface area contributed by atoms with Gasteiger partial charge in [0, 0.05) is 12.6 Å². The van der Waals surface area contributed by atoms with E-state index >= 15 is 0 Å². The highest BCUT2D eigenvalue weighted by atomic mass is 16.3. The molecule has 0 heterocycles. The molecule has 0 aromatic rings. The largest absolute Gasteiger partial charge is 0.394 e. The summed E-state index contributed by atoms with van der Waals surface area (Å²) in [5.41, 5.74) is -0.0727. The zero-order valence-corrected chi connectivity index (χ0v) is 11.3. The van der Waals surface area contributed by atoms with E-state index in [1.54, 1.807) is 0 Å². The Balaban J connectivity index is 2.53. The monoisotopic (exact) mass is 228 g/mol. The molecule has 0 aromatic heterocycles. The van der Waals surface area contributed by atoms with Gasteiger partial charge in [0.2, 0.25) is 0 Å². The van der Waals surface area contributed by atoms with Crippen molar-refractivity contribution in [3.05, 3.63) is 0 Å². The fourth-order valence-electron chi connectivity index (χ4n) is 2.55. The lowest BCUT2D eigenvalue weighted by Gasteiger charge is -2.38. The van der Waals surface area contributed by atoms with E-state index in [4.69, 9.17) is 0 Å². The maximum atomic E-state index is 9.66. The zero-order chi connectivity index (χ0) is 12.2. The van der Waals surface area contributed by atoms with Gasteiger partial charge in [0.15, 0.2) is 0 Å². The number of nitrogens with one attached hydrogen (secondary N) is 1. The third-order valence-corrected chi connectivity index (χ3v) is 4.13. The van der Waals surface area contributed by atoms with E-state index in [-0.39, 0.29) is 12.1 Å². The van der Waals surface area contributed by atoms with Crippen molar-refractivity contribution in [1.29, 1.82) is 0 Å². The molecule has 1 saturated carbocycles. The van der Waals surface area contributed by atoms with E-state index in [2.05, 4.69) is 31.1 Å². The lowest BCUT2D eigenvalue weighted by Crippen LogP contribution is -2.57. The molecule has 3 nitrogen and oxygen atoms in total. The van der Waals surface area contributed by atoms with Crippen LogP contribution in [0.25, 0.3) is 0 Å². The van der Waals surface area contributed by atoms with Crippen LogP contribution >= 0.6 is 0 Å². The fraction of sp³-hybridized carbons (Fsp3) is 1.00. The van der Waals surface area contributed by atoms with Gasteiger partial charge in [-0.05, 0) is 46.2 Å². The average molecular weight is 228 g/mol. The Bertz CT molecular complexity index is 200. The van der Waals surface area contributed by atoms with Crippen LogP contribution in [0.4, 0.5) is 0 Å². The first-order valence-corrected chi connectivity index (χ1v) is 6.59. The Morgan fingerprint density at radius 3 is 2.50 bits per heavy atom. The summed E-state index contributed by atoms with van der Waals surface area (Å²) in [4.78, 5) is 2.38. The van der Waals surface area contributed by atoms with Crippen molar-refractivity contribution < 1.29 is 5.11 Å². The number of rotatable bonds is 8. The minimum absolute atomic E-state index is 0.0727. The Morgan fingerprint density at radius 2 is 2.12 bits per heavy atom. The minimum Gasteiger partial charge on any atom is -0.394 e. The maximum absolute atomic E-state index is 9.66. The van der Waals surface area contributed by atoms with Gasteiger partial charge in [-0.2, -0.15) is 0 Å². The quantitative estimate of drug-likeness (QED) is 0.660. The summed E-state index contributed by atoms with van der Waals surface area (Å²) in [7, 11) is 4.15. The van der Waals surface area contributed by atoms with Crippen LogP contribution in [-0.4, -0.2) is 48.8 Å². The molecule has 0 aromatic carbocycles. The molecule has 1 rings (SSSR count). The topological polar surface area (TPSA) is 35.5 Å². The first kappa shape index (κ1) is 13.9. The Hall–Kier alpha value is -0.120. The second-order valence-corrected chi connectivity index (χ2v) is 5.39. The van der Waals surface area contributed by atoms with Crippen LogP contribution in [0.15, 0.2) is 0 Å². The number of aliphatic hydroxyl groups is 1. The summed E-state index contributed by atoms with van der Waals surface area (Å²) in [5, 5.41) is 13.0. The molecule has 0 saturated heterocycles. The van der Waals surface area contributed by atoms with E-state index in [0.29, 0.717) is 12.0 Å². The molecule has 1 aliphatic carbocycles. The maximum Gasteiger partial charge on any atom is 0.0628 e. The molecule has 1 fully saturated rings. The predicted molar refractivity (Wildman–Crippen MR) is 68.6 cm³/mol. The summed E-state index contributed by atoms with van der Waals surface area (Å²) in [6, 6.07) is 0.600.